The Morgan fingerprint density at radius 2 is 1.94 bits per heavy atom. The van der Waals surface area contributed by atoms with Crippen molar-refractivity contribution >= 4 is 11.9 Å². The van der Waals surface area contributed by atoms with E-state index in [0.29, 0.717) is 6.42 Å². The number of hydrogen-bond acceptors (Lipinski definition) is 3. The molecule has 0 saturated carbocycles. The van der Waals surface area contributed by atoms with E-state index in [1.54, 1.807) is 7.05 Å². The summed E-state index contributed by atoms with van der Waals surface area (Å²) in [5, 5.41) is 10.2. The predicted octanol–water partition coefficient (Wildman–Crippen LogP) is -2.27. The third kappa shape index (κ3) is 11.5. The molecule has 0 spiro atoms. The molecule has 0 N–H and O–H groups in total. The summed E-state index contributed by atoms with van der Waals surface area (Å²) in [6.07, 6.45) is 7.33. The minimum atomic E-state index is -1.13. The van der Waals surface area contributed by atoms with Crippen LogP contribution in [0.1, 0.15) is 39.0 Å². The number of carbonyl (C=O) groups excluding carboxylic acids is 2. The van der Waals surface area contributed by atoms with Gasteiger partial charge in [0.2, 0.25) is 5.91 Å². The molecule has 0 aromatic carbocycles. The third-order valence-corrected chi connectivity index (χ3v) is 2.26. The summed E-state index contributed by atoms with van der Waals surface area (Å²) in [6, 6.07) is 0. The molecule has 0 aromatic heterocycles. The van der Waals surface area contributed by atoms with E-state index in [2.05, 4.69) is 6.92 Å². The summed E-state index contributed by atoms with van der Waals surface area (Å²) in [5.74, 6) is -1.19. The standard InChI is InChI=1S/C12H21NO3.Li/c1-3-4-5-6-7-8-11(14)13(2)10-9-12(15)16;/h6-7H,3-5,8-10H2,1-2H3,(H,15,16);/q;+1/p-1/b7-6+;. The molecule has 0 rings (SSSR count). The number of amides is 1. The van der Waals surface area contributed by atoms with Gasteiger partial charge in [0.1, 0.15) is 0 Å². The fraction of sp³-hybridized carbons (Fsp3) is 0.667. The second-order valence-electron chi connectivity index (χ2n) is 3.76. The van der Waals surface area contributed by atoms with Gasteiger partial charge in [-0.2, -0.15) is 0 Å². The van der Waals surface area contributed by atoms with Gasteiger partial charge in [-0.25, -0.2) is 0 Å². The second-order valence-corrected chi connectivity index (χ2v) is 3.76. The minimum absolute atomic E-state index is 0. The van der Waals surface area contributed by atoms with E-state index in [1.807, 2.05) is 12.2 Å². The van der Waals surface area contributed by atoms with E-state index in [-0.39, 0.29) is 37.7 Å². The first-order valence-corrected chi connectivity index (χ1v) is 5.66. The van der Waals surface area contributed by atoms with Gasteiger partial charge in [-0.1, -0.05) is 31.9 Å². The first-order chi connectivity index (χ1) is 7.57. The Hall–Kier alpha value is -0.723. The zero-order chi connectivity index (χ0) is 12.4. The van der Waals surface area contributed by atoms with E-state index in [4.69, 9.17) is 0 Å². The van der Waals surface area contributed by atoms with Crippen LogP contribution in [0.25, 0.3) is 0 Å². The molecular formula is C12H20LiNO3. The molecule has 0 unspecified atom stereocenters. The van der Waals surface area contributed by atoms with Crippen LogP contribution in [-0.2, 0) is 9.59 Å². The van der Waals surface area contributed by atoms with Crippen LogP contribution in [0.15, 0.2) is 12.2 Å². The molecular weight excluding hydrogens is 213 g/mol. The Kier molecular flexibility index (Phi) is 12.9. The van der Waals surface area contributed by atoms with Gasteiger partial charge >= 0.3 is 18.9 Å². The zero-order valence-corrected chi connectivity index (χ0v) is 11.1. The molecule has 17 heavy (non-hydrogen) atoms. The monoisotopic (exact) mass is 233 g/mol. The Balaban J connectivity index is 0. The van der Waals surface area contributed by atoms with E-state index in [9.17, 15) is 14.7 Å². The topological polar surface area (TPSA) is 60.4 Å². The molecule has 0 bridgehead atoms. The smallest absolute Gasteiger partial charge is 0.550 e. The molecule has 0 atom stereocenters. The molecule has 4 nitrogen and oxygen atoms in total. The number of nitrogens with zero attached hydrogens (tertiary/aromatic N) is 1. The quantitative estimate of drug-likeness (QED) is 0.270. The first-order valence-electron chi connectivity index (χ1n) is 5.66. The van der Waals surface area contributed by atoms with Gasteiger partial charge in [-0.05, 0) is 6.42 Å². The van der Waals surface area contributed by atoms with Crippen LogP contribution in [-0.4, -0.2) is 30.4 Å². The summed E-state index contributed by atoms with van der Waals surface area (Å²) >= 11 is 0. The molecule has 0 saturated heterocycles. The maximum Gasteiger partial charge on any atom is 1.00 e. The average molecular weight is 233 g/mol. The molecule has 92 valence electrons. The Labute approximate surface area is 115 Å². The molecule has 0 heterocycles. The molecule has 1 amide bonds. The van der Waals surface area contributed by atoms with Crippen LogP contribution >= 0.6 is 0 Å². The molecule has 0 aliphatic heterocycles. The number of aliphatic carboxylic acids is 1. The molecule has 0 aromatic rings. The Morgan fingerprint density at radius 3 is 2.47 bits per heavy atom. The molecule has 0 aliphatic carbocycles. The van der Waals surface area contributed by atoms with Crippen molar-refractivity contribution in [3.05, 3.63) is 12.2 Å². The summed E-state index contributed by atoms with van der Waals surface area (Å²) in [6.45, 7) is 2.33. The maximum atomic E-state index is 11.4. The molecule has 0 aliphatic rings. The van der Waals surface area contributed by atoms with Crippen molar-refractivity contribution in [1.29, 1.82) is 0 Å². The van der Waals surface area contributed by atoms with Crippen molar-refractivity contribution in [2.24, 2.45) is 0 Å². The van der Waals surface area contributed by atoms with Crippen molar-refractivity contribution in [3.8, 4) is 0 Å². The summed E-state index contributed by atoms with van der Waals surface area (Å²) < 4.78 is 0. The van der Waals surface area contributed by atoms with E-state index >= 15 is 0 Å². The van der Waals surface area contributed by atoms with Crippen LogP contribution < -0.4 is 24.0 Å². The Morgan fingerprint density at radius 1 is 1.29 bits per heavy atom. The van der Waals surface area contributed by atoms with Crippen LogP contribution in [0.5, 0.6) is 0 Å². The fourth-order valence-electron chi connectivity index (χ4n) is 1.16. The van der Waals surface area contributed by atoms with Crippen molar-refractivity contribution in [3.63, 3.8) is 0 Å². The van der Waals surface area contributed by atoms with Crippen LogP contribution in [0, 0.1) is 0 Å². The first kappa shape index (κ1) is 18.6. The van der Waals surface area contributed by atoms with Gasteiger partial charge in [-0.15, -0.1) is 0 Å². The number of rotatable bonds is 8. The largest absolute Gasteiger partial charge is 1.00 e. The van der Waals surface area contributed by atoms with E-state index in [0.717, 1.165) is 19.3 Å². The van der Waals surface area contributed by atoms with Gasteiger partial charge in [0.05, 0.1) is 0 Å². The van der Waals surface area contributed by atoms with Gasteiger partial charge in [0, 0.05) is 32.4 Å². The van der Waals surface area contributed by atoms with Gasteiger partial charge in [-0.3, -0.25) is 4.79 Å². The molecule has 0 radical (unpaired) electrons. The second kappa shape index (κ2) is 11.8. The molecule has 5 heteroatoms. The summed E-state index contributed by atoms with van der Waals surface area (Å²) in [5.41, 5.74) is 0. The number of unbranched alkanes of at least 4 members (excludes halogenated alkanes) is 2. The van der Waals surface area contributed by atoms with Crippen LogP contribution in [0.4, 0.5) is 0 Å². The van der Waals surface area contributed by atoms with E-state index < -0.39 is 5.97 Å². The van der Waals surface area contributed by atoms with Crippen LogP contribution in [0.2, 0.25) is 0 Å². The van der Waals surface area contributed by atoms with Crippen LogP contribution in [0.3, 0.4) is 0 Å². The SMILES string of the molecule is CCCC/C=C/CC(=O)N(C)CCC(=O)[O-].[Li+]. The molecule has 0 fully saturated rings. The van der Waals surface area contributed by atoms with Gasteiger partial charge in [0.15, 0.2) is 0 Å². The minimum Gasteiger partial charge on any atom is -0.550 e. The maximum absolute atomic E-state index is 11.4. The number of hydrogen-bond donors (Lipinski definition) is 0. The van der Waals surface area contributed by atoms with Gasteiger partial charge < -0.3 is 14.8 Å². The summed E-state index contributed by atoms with van der Waals surface area (Å²) in [4.78, 5) is 23.1. The average Bonchev–Trinajstić information content (AvgIpc) is 2.25. The Bertz CT molecular complexity index is 254. The number of carbonyl (C=O) groups is 2. The van der Waals surface area contributed by atoms with Crippen molar-refractivity contribution in [2.75, 3.05) is 13.6 Å². The normalized spacial score (nSPS) is 10.0. The number of carboxylic acid groups (broad SMARTS) is 1. The third-order valence-electron chi connectivity index (χ3n) is 2.26. The number of allylic oxidation sites excluding steroid dienone is 1. The van der Waals surface area contributed by atoms with Crippen molar-refractivity contribution < 1.29 is 33.6 Å². The van der Waals surface area contributed by atoms with Crippen molar-refractivity contribution in [1.82, 2.24) is 4.90 Å². The zero-order valence-electron chi connectivity index (χ0n) is 11.1. The predicted molar refractivity (Wildman–Crippen MR) is 60.5 cm³/mol. The van der Waals surface area contributed by atoms with E-state index in [1.165, 1.54) is 4.90 Å². The van der Waals surface area contributed by atoms with Crippen molar-refractivity contribution in [2.45, 2.75) is 39.0 Å². The fourth-order valence-corrected chi connectivity index (χ4v) is 1.16. The summed E-state index contributed by atoms with van der Waals surface area (Å²) in [7, 11) is 1.60. The van der Waals surface area contributed by atoms with Gasteiger partial charge in [0.25, 0.3) is 0 Å². The number of carboxylic acids is 1.